The van der Waals surface area contributed by atoms with Crippen molar-refractivity contribution in [1.82, 2.24) is 14.6 Å². The first-order chi connectivity index (χ1) is 18.4. The van der Waals surface area contributed by atoms with Crippen LogP contribution in [0.2, 0.25) is 0 Å². The number of amides is 2. The van der Waals surface area contributed by atoms with Crippen molar-refractivity contribution in [2.75, 3.05) is 11.9 Å². The number of fused-ring (bicyclic) bond motifs is 1. The van der Waals surface area contributed by atoms with Crippen molar-refractivity contribution in [2.45, 2.75) is 65.2 Å². The Balaban J connectivity index is 1.76. The number of anilines is 1. The Morgan fingerprint density at radius 2 is 1.74 bits per heavy atom. The van der Waals surface area contributed by atoms with Gasteiger partial charge in [-0.15, -0.1) is 0 Å². The fourth-order valence-corrected chi connectivity index (χ4v) is 6.24. The van der Waals surface area contributed by atoms with Gasteiger partial charge in [0, 0.05) is 25.6 Å². The second-order valence-corrected chi connectivity index (χ2v) is 11.6. The number of hydrogen-bond acceptors (Lipinski definition) is 7. The monoisotopic (exact) mass is 550 g/mol. The van der Waals surface area contributed by atoms with Crippen molar-refractivity contribution in [3.05, 3.63) is 81.9 Å². The first-order valence-electron chi connectivity index (χ1n) is 12.8. The molecule has 2 amide bonds. The average molecular weight is 551 g/mol. The fourth-order valence-electron chi connectivity index (χ4n) is 5.21. The summed E-state index contributed by atoms with van der Waals surface area (Å²) < 4.78 is 34.8. The Hall–Kier alpha value is -3.76. The molecule has 0 fully saturated rings. The number of carbonyl (C=O) groups excluding carboxylic acids is 2. The molecule has 1 aliphatic rings. The number of hydrogen-bond donors (Lipinski definition) is 2. The SMILES string of the molecule is CCOc1cccc2c1CN(Cc1c(C)cc(C)cc1C)C2(C)C(=O)NS(=O)(=O)c1cccc(NC(C)=O)n1. The summed E-state index contributed by atoms with van der Waals surface area (Å²) in [5.74, 6) is -0.354. The van der Waals surface area contributed by atoms with Crippen LogP contribution in [0.4, 0.5) is 5.82 Å². The number of aryl methyl sites for hydroxylation is 3. The zero-order chi connectivity index (χ0) is 28.5. The van der Waals surface area contributed by atoms with Crippen molar-refractivity contribution >= 4 is 27.7 Å². The normalized spacial score (nSPS) is 17.0. The summed E-state index contributed by atoms with van der Waals surface area (Å²) in [6.07, 6.45) is 0. The minimum Gasteiger partial charge on any atom is -0.494 e. The van der Waals surface area contributed by atoms with Gasteiger partial charge in [0.2, 0.25) is 5.91 Å². The van der Waals surface area contributed by atoms with Crippen molar-refractivity contribution in [2.24, 2.45) is 0 Å². The summed E-state index contributed by atoms with van der Waals surface area (Å²) in [5.41, 5.74) is 4.64. The summed E-state index contributed by atoms with van der Waals surface area (Å²) >= 11 is 0. The van der Waals surface area contributed by atoms with Crippen LogP contribution in [-0.4, -0.2) is 36.7 Å². The van der Waals surface area contributed by atoms with Gasteiger partial charge in [0.05, 0.1) is 6.61 Å². The van der Waals surface area contributed by atoms with Crippen LogP contribution in [-0.2, 0) is 38.2 Å². The fraction of sp³-hybridized carbons (Fsp3) is 0.345. The van der Waals surface area contributed by atoms with E-state index in [-0.39, 0.29) is 10.8 Å². The van der Waals surface area contributed by atoms with E-state index in [4.69, 9.17) is 4.74 Å². The first-order valence-corrected chi connectivity index (χ1v) is 14.2. The highest BCUT2D eigenvalue weighted by atomic mass is 32.2. The number of benzene rings is 2. The molecule has 4 rings (SSSR count). The highest BCUT2D eigenvalue weighted by Crippen LogP contribution is 2.44. The van der Waals surface area contributed by atoms with Crippen LogP contribution >= 0.6 is 0 Å². The van der Waals surface area contributed by atoms with Crippen LogP contribution in [0.5, 0.6) is 5.75 Å². The average Bonchev–Trinajstić information content (AvgIpc) is 3.14. The van der Waals surface area contributed by atoms with Gasteiger partial charge in [-0.25, -0.2) is 9.71 Å². The molecule has 0 saturated carbocycles. The molecule has 0 bridgehead atoms. The number of pyridine rings is 1. The molecule has 10 heteroatoms. The van der Waals surface area contributed by atoms with Gasteiger partial charge in [0.1, 0.15) is 17.1 Å². The first kappa shape index (κ1) is 28.3. The zero-order valence-corrected chi connectivity index (χ0v) is 23.9. The van der Waals surface area contributed by atoms with E-state index >= 15 is 0 Å². The molecule has 2 N–H and O–H groups in total. The van der Waals surface area contributed by atoms with E-state index in [9.17, 15) is 18.0 Å². The molecule has 1 aromatic heterocycles. The van der Waals surface area contributed by atoms with Crippen LogP contribution in [0.3, 0.4) is 0 Å². The minimum absolute atomic E-state index is 0.0727. The quantitative estimate of drug-likeness (QED) is 0.434. The minimum atomic E-state index is -4.35. The smallest absolute Gasteiger partial charge is 0.281 e. The van der Waals surface area contributed by atoms with Gasteiger partial charge < -0.3 is 10.1 Å². The molecule has 3 aromatic rings. The molecule has 0 spiro atoms. The van der Waals surface area contributed by atoms with Crippen LogP contribution < -0.4 is 14.8 Å². The molecule has 2 heterocycles. The molecule has 1 unspecified atom stereocenters. The van der Waals surface area contributed by atoms with E-state index in [1.165, 1.54) is 25.1 Å². The lowest BCUT2D eigenvalue weighted by atomic mass is 9.89. The van der Waals surface area contributed by atoms with Gasteiger partial charge in [-0.1, -0.05) is 35.9 Å². The standard InChI is InChI=1S/C29H34N4O5S/c1-7-38-25-11-8-10-24-23(25)17-33(16-22-19(3)14-18(2)15-20(22)4)29(24,6)28(35)32-39(36,37)27-13-9-12-26(31-27)30-21(5)34/h8-15H,7,16-17H2,1-6H3,(H,32,35)(H,30,31,34). The summed E-state index contributed by atoms with van der Waals surface area (Å²) in [4.78, 5) is 31.4. The lowest BCUT2D eigenvalue weighted by Crippen LogP contribution is -2.52. The molecular weight excluding hydrogens is 516 g/mol. The van der Waals surface area contributed by atoms with Crippen molar-refractivity contribution in [3.8, 4) is 5.75 Å². The molecule has 0 saturated heterocycles. The van der Waals surface area contributed by atoms with Crippen molar-refractivity contribution in [3.63, 3.8) is 0 Å². The third-order valence-corrected chi connectivity index (χ3v) is 8.33. The maximum absolute atomic E-state index is 14.0. The van der Waals surface area contributed by atoms with E-state index in [1.54, 1.807) is 6.92 Å². The van der Waals surface area contributed by atoms with Crippen LogP contribution in [0, 0.1) is 20.8 Å². The Labute approximate surface area is 229 Å². The Morgan fingerprint density at radius 1 is 1.08 bits per heavy atom. The van der Waals surface area contributed by atoms with Crippen molar-refractivity contribution in [1.29, 1.82) is 0 Å². The molecule has 39 heavy (non-hydrogen) atoms. The predicted molar refractivity (Wildman–Crippen MR) is 149 cm³/mol. The Morgan fingerprint density at radius 3 is 2.38 bits per heavy atom. The number of rotatable bonds is 8. The van der Waals surface area contributed by atoms with Gasteiger partial charge in [0.15, 0.2) is 5.03 Å². The lowest BCUT2D eigenvalue weighted by molar-refractivity contribution is -0.131. The lowest BCUT2D eigenvalue weighted by Gasteiger charge is -2.35. The zero-order valence-electron chi connectivity index (χ0n) is 23.1. The molecule has 0 radical (unpaired) electrons. The second kappa shape index (κ2) is 10.8. The number of nitrogens with one attached hydrogen (secondary N) is 2. The van der Waals surface area contributed by atoms with Crippen molar-refractivity contribution < 1.29 is 22.7 Å². The number of carbonyl (C=O) groups is 2. The van der Waals surface area contributed by atoms with E-state index < -0.39 is 27.4 Å². The number of ether oxygens (including phenoxy) is 1. The molecule has 2 aromatic carbocycles. The van der Waals surface area contributed by atoms with E-state index in [1.807, 2.05) is 50.8 Å². The van der Waals surface area contributed by atoms with Crippen LogP contribution in [0.15, 0.2) is 53.6 Å². The maximum Gasteiger partial charge on any atom is 0.281 e. The largest absolute Gasteiger partial charge is 0.494 e. The highest BCUT2D eigenvalue weighted by molar-refractivity contribution is 7.90. The topological polar surface area (TPSA) is 118 Å². The van der Waals surface area contributed by atoms with Gasteiger partial charge in [-0.05, 0) is 75.1 Å². The second-order valence-electron chi connectivity index (χ2n) is 10.00. The molecular formula is C29H34N4O5S. The number of nitrogens with zero attached hydrogens (tertiary/aromatic N) is 2. The summed E-state index contributed by atoms with van der Waals surface area (Å²) in [6, 6.07) is 13.9. The number of aromatic nitrogens is 1. The van der Waals surface area contributed by atoms with Crippen LogP contribution in [0.1, 0.15) is 54.2 Å². The Kier molecular flexibility index (Phi) is 7.81. The third-order valence-electron chi connectivity index (χ3n) is 7.10. The molecule has 9 nitrogen and oxygen atoms in total. The highest BCUT2D eigenvalue weighted by Gasteiger charge is 2.49. The van der Waals surface area contributed by atoms with E-state index in [0.29, 0.717) is 31.0 Å². The van der Waals surface area contributed by atoms with E-state index in [2.05, 4.69) is 27.2 Å². The van der Waals surface area contributed by atoms with Gasteiger partial charge >= 0.3 is 0 Å². The summed E-state index contributed by atoms with van der Waals surface area (Å²) in [5, 5.41) is 2.09. The van der Waals surface area contributed by atoms with Gasteiger partial charge in [0.25, 0.3) is 15.9 Å². The summed E-state index contributed by atoms with van der Waals surface area (Å²) in [6.45, 7) is 12.3. The predicted octanol–water partition coefficient (Wildman–Crippen LogP) is 4.10. The summed E-state index contributed by atoms with van der Waals surface area (Å²) in [7, 11) is -4.35. The maximum atomic E-state index is 14.0. The van der Waals surface area contributed by atoms with Gasteiger partial charge in [-0.3, -0.25) is 14.5 Å². The molecule has 1 atom stereocenters. The Bertz CT molecular complexity index is 1530. The molecule has 0 aliphatic carbocycles. The van der Waals surface area contributed by atoms with Crippen LogP contribution in [0.25, 0.3) is 0 Å². The molecule has 206 valence electrons. The van der Waals surface area contributed by atoms with Gasteiger partial charge in [-0.2, -0.15) is 8.42 Å². The molecule has 1 aliphatic heterocycles. The third kappa shape index (κ3) is 5.53. The van der Waals surface area contributed by atoms with E-state index in [0.717, 1.165) is 27.8 Å². The number of sulfonamides is 1.